The van der Waals surface area contributed by atoms with Crippen molar-refractivity contribution in [3.63, 3.8) is 0 Å². The van der Waals surface area contributed by atoms with Crippen LogP contribution in [0, 0.1) is 0 Å². The number of nitrogens with one attached hydrogen (secondary N) is 2. The summed E-state index contributed by atoms with van der Waals surface area (Å²) in [4.78, 5) is 6.69. The van der Waals surface area contributed by atoms with Crippen LogP contribution >= 0.6 is 24.0 Å². The minimum absolute atomic E-state index is 0. The molecule has 2 rings (SSSR count). The maximum atomic E-state index is 12.2. The van der Waals surface area contributed by atoms with Gasteiger partial charge < -0.3 is 15.4 Å². The zero-order valence-corrected chi connectivity index (χ0v) is 19.9. The number of aliphatic imine (C=N–C) groups is 1. The maximum absolute atomic E-state index is 12.2. The number of likely N-dealkylation sites (tertiary alicyclic amines) is 1. The molecule has 1 aromatic rings. The molecule has 30 heavy (non-hydrogen) atoms. The van der Waals surface area contributed by atoms with Crippen LogP contribution in [-0.2, 0) is 17.9 Å². The van der Waals surface area contributed by atoms with E-state index in [0.29, 0.717) is 18.2 Å². The topological polar surface area (TPSA) is 48.9 Å². The van der Waals surface area contributed by atoms with Crippen LogP contribution in [0.2, 0.25) is 0 Å². The fourth-order valence-electron chi connectivity index (χ4n) is 3.30. The Labute approximate surface area is 194 Å². The first-order valence-corrected chi connectivity index (χ1v) is 9.81. The van der Waals surface area contributed by atoms with Crippen molar-refractivity contribution < 1.29 is 17.9 Å². The van der Waals surface area contributed by atoms with Crippen molar-refractivity contribution >= 4 is 29.9 Å². The molecule has 1 aromatic carbocycles. The quantitative estimate of drug-likeness (QED) is 0.226. The fourth-order valence-corrected chi connectivity index (χ4v) is 3.30. The largest absolute Gasteiger partial charge is 0.411 e. The second-order valence-electron chi connectivity index (χ2n) is 7.51. The van der Waals surface area contributed by atoms with E-state index in [1.807, 2.05) is 25.1 Å². The Morgan fingerprint density at radius 2 is 1.93 bits per heavy atom. The Morgan fingerprint density at radius 1 is 1.27 bits per heavy atom. The summed E-state index contributed by atoms with van der Waals surface area (Å²) >= 11 is 0. The first-order chi connectivity index (χ1) is 13.7. The van der Waals surface area contributed by atoms with Gasteiger partial charge in [0.1, 0.15) is 6.61 Å². The lowest BCUT2D eigenvalue weighted by Crippen LogP contribution is -2.48. The summed E-state index contributed by atoms with van der Waals surface area (Å²) in [6.45, 7) is 8.25. The van der Waals surface area contributed by atoms with Crippen LogP contribution in [0.25, 0.3) is 0 Å². The van der Waals surface area contributed by atoms with Crippen LogP contribution in [0.4, 0.5) is 13.2 Å². The number of piperidine rings is 1. The Morgan fingerprint density at radius 3 is 2.53 bits per heavy atom. The standard InChI is InChI=1S/C21H31F3N4O.HI/c1-16(2)13-28-9-7-19(8-10-28)27-20(25-3)26-12-17-5-4-6-18(11-17)14-29-15-21(22,23)24;/h4-6,11,19H,1,7-10,12-15H2,2-3H3,(H2,25,26,27);1H. The molecule has 170 valence electrons. The predicted molar refractivity (Wildman–Crippen MR) is 125 cm³/mol. The Balaban J connectivity index is 0.00000450. The van der Waals surface area contributed by atoms with Crippen molar-refractivity contribution in [1.29, 1.82) is 0 Å². The van der Waals surface area contributed by atoms with Crippen molar-refractivity contribution in [2.24, 2.45) is 4.99 Å². The third-order valence-electron chi connectivity index (χ3n) is 4.63. The van der Waals surface area contributed by atoms with Gasteiger partial charge in [-0.25, -0.2) is 0 Å². The van der Waals surface area contributed by atoms with Gasteiger partial charge in [0.25, 0.3) is 0 Å². The number of rotatable bonds is 8. The summed E-state index contributed by atoms with van der Waals surface area (Å²) in [5.74, 6) is 0.724. The number of guanidine groups is 1. The summed E-state index contributed by atoms with van der Waals surface area (Å²) in [5.41, 5.74) is 2.85. The summed E-state index contributed by atoms with van der Waals surface area (Å²) in [5, 5.41) is 6.73. The zero-order valence-electron chi connectivity index (χ0n) is 17.6. The Bertz CT molecular complexity index is 689. The molecule has 0 saturated carbocycles. The third-order valence-corrected chi connectivity index (χ3v) is 4.63. The van der Waals surface area contributed by atoms with Gasteiger partial charge in [-0.3, -0.25) is 9.89 Å². The average Bonchev–Trinajstić information content (AvgIpc) is 2.65. The minimum atomic E-state index is -4.31. The van der Waals surface area contributed by atoms with Gasteiger partial charge in [-0.1, -0.05) is 36.4 Å². The smallest absolute Gasteiger partial charge is 0.367 e. The van der Waals surface area contributed by atoms with E-state index >= 15 is 0 Å². The van der Waals surface area contributed by atoms with Gasteiger partial charge in [0.2, 0.25) is 0 Å². The molecule has 0 atom stereocenters. The molecule has 0 aliphatic carbocycles. The third kappa shape index (κ3) is 10.6. The Hall–Kier alpha value is -1.33. The van der Waals surface area contributed by atoms with Crippen LogP contribution < -0.4 is 10.6 Å². The van der Waals surface area contributed by atoms with Crippen molar-refractivity contribution in [2.75, 3.05) is 33.3 Å². The summed E-state index contributed by atoms with van der Waals surface area (Å²) in [6.07, 6.45) is -2.22. The highest BCUT2D eigenvalue weighted by Crippen LogP contribution is 2.16. The average molecular weight is 540 g/mol. The van der Waals surface area contributed by atoms with Gasteiger partial charge in [0.15, 0.2) is 5.96 Å². The number of nitrogens with zero attached hydrogens (tertiary/aromatic N) is 2. The predicted octanol–water partition coefficient (Wildman–Crippen LogP) is 4.09. The number of benzene rings is 1. The van der Waals surface area contributed by atoms with E-state index in [1.54, 1.807) is 13.1 Å². The highest BCUT2D eigenvalue weighted by molar-refractivity contribution is 14.0. The summed E-state index contributed by atoms with van der Waals surface area (Å²) < 4.78 is 41.3. The van der Waals surface area contributed by atoms with Crippen LogP contribution in [0.1, 0.15) is 30.9 Å². The fraction of sp³-hybridized carbons (Fsp3) is 0.571. The van der Waals surface area contributed by atoms with E-state index < -0.39 is 12.8 Å². The molecule has 0 spiro atoms. The normalized spacial score (nSPS) is 16.1. The minimum Gasteiger partial charge on any atom is -0.367 e. The maximum Gasteiger partial charge on any atom is 0.411 e. The number of hydrogen-bond acceptors (Lipinski definition) is 3. The highest BCUT2D eigenvalue weighted by Gasteiger charge is 2.27. The molecule has 0 bridgehead atoms. The lowest BCUT2D eigenvalue weighted by Gasteiger charge is -2.33. The molecule has 0 unspecified atom stereocenters. The lowest BCUT2D eigenvalue weighted by molar-refractivity contribution is -0.176. The van der Waals surface area contributed by atoms with E-state index in [-0.39, 0.29) is 30.6 Å². The molecule has 0 aromatic heterocycles. The van der Waals surface area contributed by atoms with E-state index in [0.717, 1.165) is 44.0 Å². The van der Waals surface area contributed by atoms with Crippen molar-refractivity contribution in [1.82, 2.24) is 15.5 Å². The molecule has 1 aliphatic heterocycles. The van der Waals surface area contributed by atoms with Gasteiger partial charge in [-0.15, -0.1) is 24.0 Å². The van der Waals surface area contributed by atoms with Gasteiger partial charge in [0.05, 0.1) is 6.61 Å². The lowest BCUT2D eigenvalue weighted by atomic mass is 10.0. The van der Waals surface area contributed by atoms with E-state index in [9.17, 15) is 13.2 Å². The molecule has 0 amide bonds. The zero-order chi connectivity index (χ0) is 21.3. The molecule has 5 nitrogen and oxygen atoms in total. The molecule has 1 saturated heterocycles. The van der Waals surface area contributed by atoms with E-state index in [4.69, 9.17) is 4.74 Å². The number of alkyl halides is 3. The van der Waals surface area contributed by atoms with Crippen LogP contribution in [-0.4, -0.2) is 56.4 Å². The first-order valence-electron chi connectivity index (χ1n) is 9.81. The van der Waals surface area contributed by atoms with Crippen LogP contribution in [0.15, 0.2) is 41.4 Å². The molecule has 2 N–H and O–H groups in total. The monoisotopic (exact) mass is 540 g/mol. The second-order valence-corrected chi connectivity index (χ2v) is 7.51. The molecule has 1 aliphatic rings. The molecule has 0 radical (unpaired) electrons. The highest BCUT2D eigenvalue weighted by atomic mass is 127. The first kappa shape index (κ1) is 26.7. The number of hydrogen-bond donors (Lipinski definition) is 2. The molecule has 9 heteroatoms. The molecule has 1 heterocycles. The van der Waals surface area contributed by atoms with Crippen LogP contribution in [0.5, 0.6) is 0 Å². The van der Waals surface area contributed by atoms with E-state index in [2.05, 4.69) is 27.1 Å². The van der Waals surface area contributed by atoms with Gasteiger partial charge >= 0.3 is 6.18 Å². The van der Waals surface area contributed by atoms with Crippen LogP contribution in [0.3, 0.4) is 0 Å². The second kappa shape index (κ2) is 13.2. The SMILES string of the molecule is C=C(C)CN1CCC(NC(=NC)NCc2cccc(COCC(F)(F)F)c2)CC1.I. The summed E-state index contributed by atoms with van der Waals surface area (Å²) in [6, 6.07) is 7.70. The summed E-state index contributed by atoms with van der Waals surface area (Å²) in [7, 11) is 1.73. The van der Waals surface area contributed by atoms with Gasteiger partial charge in [-0.2, -0.15) is 13.2 Å². The van der Waals surface area contributed by atoms with E-state index in [1.165, 1.54) is 5.57 Å². The molecular formula is C21H32F3IN4O. The van der Waals surface area contributed by atoms with Gasteiger partial charge in [0, 0.05) is 39.3 Å². The van der Waals surface area contributed by atoms with Crippen molar-refractivity contribution in [3.8, 4) is 0 Å². The van der Waals surface area contributed by atoms with Crippen molar-refractivity contribution in [2.45, 2.75) is 45.1 Å². The molecule has 1 fully saturated rings. The van der Waals surface area contributed by atoms with Gasteiger partial charge in [-0.05, 0) is 30.9 Å². The Kier molecular flexibility index (Phi) is 11.7. The van der Waals surface area contributed by atoms with Crippen molar-refractivity contribution in [3.05, 3.63) is 47.5 Å². The number of ether oxygens (including phenoxy) is 1. The number of halogens is 4. The molecular weight excluding hydrogens is 508 g/mol.